The summed E-state index contributed by atoms with van der Waals surface area (Å²) in [5.41, 5.74) is 2.11. The fraction of sp³-hybridized carbons (Fsp3) is 0.500. The van der Waals surface area contributed by atoms with Crippen LogP contribution in [0.15, 0.2) is 24.3 Å². The van der Waals surface area contributed by atoms with E-state index in [9.17, 15) is 4.79 Å². The first kappa shape index (κ1) is 14.2. The van der Waals surface area contributed by atoms with Crippen molar-refractivity contribution in [1.82, 2.24) is 5.32 Å². The van der Waals surface area contributed by atoms with E-state index in [0.717, 1.165) is 17.3 Å². The number of carbonyl (C=O) groups is 1. The van der Waals surface area contributed by atoms with E-state index in [1.807, 2.05) is 39.0 Å². The van der Waals surface area contributed by atoms with Crippen molar-refractivity contribution in [2.45, 2.75) is 39.2 Å². The van der Waals surface area contributed by atoms with Crippen LogP contribution >= 0.6 is 15.9 Å². The van der Waals surface area contributed by atoms with E-state index in [4.69, 9.17) is 0 Å². The van der Waals surface area contributed by atoms with Crippen molar-refractivity contribution in [2.24, 2.45) is 0 Å². The molecular weight excluding hydrogens is 278 g/mol. The highest BCUT2D eigenvalue weighted by Gasteiger charge is 2.19. The standard InChI is InChI=1S/C14H20BrNO/c1-11-5-4-6-12(9-11)10-13(17)16-14(2,3)7-8-15/h4-6,9H,7-8,10H2,1-3H3,(H,16,17). The third-order valence-corrected chi connectivity index (χ3v) is 3.04. The van der Waals surface area contributed by atoms with Crippen molar-refractivity contribution in [3.8, 4) is 0 Å². The van der Waals surface area contributed by atoms with E-state index in [1.165, 1.54) is 5.56 Å². The van der Waals surface area contributed by atoms with Crippen LogP contribution in [-0.2, 0) is 11.2 Å². The third-order valence-electron chi connectivity index (χ3n) is 2.64. The van der Waals surface area contributed by atoms with Gasteiger partial charge in [-0.15, -0.1) is 0 Å². The lowest BCUT2D eigenvalue weighted by Crippen LogP contribution is -2.44. The molecule has 1 aromatic carbocycles. The Balaban J connectivity index is 2.55. The number of aryl methyl sites for hydroxylation is 1. The monoisotopic (exact) mass is 297 g/mol. The van der Waals surface area contributed by atoms with Gasteiger partial charge in [-0.2, -0.15) is 0 Å². The maximum absolute atomic E-state index is 11.9. The lowest BCUT2D eigenvalue weighted by Gasteiger charge is -2.25. The van der Waals surface area contributed by atoms with Crippen LogP contribution in [-0.4, -0.2) is 16.8 Å². The summed E-state index contributed by atoms with van der Waals surface area (Å²) >= 11 is 3.40. The molecule has 94 valence electrons. The summed E-state index contributed by atoms with van der Waals surface area (Å²) in [5.74, 6) is 0.0848. The molecule has 0 radical (unpaired) electrons. The van der Waals surface area contributed by atoms with E-state index in [0.29, 0.717) is 6.42 Å². The molecule has 1 rings (SSSR count). The number of carbonyl (C=O) groups excluding carboxylic acids is 1. The van der Waals surface area contributed by atoms with Crippen molar-refractivity contribution < 1.29 is 4.79 Å². The van der Waals surface area contributed by atoms with Crippen LogP contribution in [0.25, 0.3) is 0 Å². The molecule has 0 saturated heterocycles. The van der Waals surface area contributed by atoms with Gasteiger partial charge in [-0.05, 0) is 32.8 Å². The Bertz CT molecular complexity index is 388. The predicted molar refractivity (Wildman–Crippen MR) is 75.5 cm³/mol. The Morgan fingerprint density at radius 2 is 2.12 bits per heavy atom. The maximum atomic E-state index is 11.9. The fourth-order valence-corrected chi connectivity index (χ4v) is 2.72. The first-order valence-electron chi connectivity index (χ1n) is 5.85. The minimum Gasteiger partial charge on any atom is -0.351 e. The van der Waals surface area contributed by atoms with Gasteiger partial charge in [0.1, 0.15) is 0 Å². The number of halogens is 1. The van der Waals surface area contributed by atoms with Crippen molar-refractivity contribution in [2.75, 3.05) is 5.33 Å². The molecular formula is C14H20BrNO. The van der Waals surface area contributed by atoms with Crippen LogP contribution in [0.5, 0.6) is 0 Å². The van der Waals surface area contributed by atoms with Crippen LogP contribution in [0.3, 0.4) is 0 Å². The Morgan fingerprint density at radius 1 is 1.41 bits per heavy atom. The van der Waals surface area contributed by atoms with Gasteiger partial charge in [0.05, 0.1) is 6.42 Å². The molecule has 0 fully saturated rings. The summed E-state index contributed by atoms with van der Waals surface area (Å²) in [4.78, 5) is 11.9. The van der Waals surface area contributed by atoms with Crippen molar-refractivity contribution >= 4 is 21.8 Å². The molecule has 2 nitrogen and oxygen atoms in total. The number of amides is 1. The largest absolute Gasteiger partial charge is 0.351 e. The third kappa shape index (κ3) is 5.35. The highest BCUT2D eigenvalue weighted by molar-refractivity contribution is 9.09. The zero-order valence-corrected chi connectivity index (χ0v) is 12.3. The van der Waals surface area contributed by atoms with Gasteiger partial charge >= 0.3 is 0 Å². The van der Waals surface area contributed by atoms with Gasteiger partial charge in [-0.3, -0.25) is 4.79 Å². The SMILES string of the molecule is Cc1cccc(CC(=O)NC(C)(C)CCBr)c1. The van der Waals surface area contributed by atoms with Crippen LogP contribution in [0, 0.1) is 6.92 Å². The quantitative estimate of drug-likeness (QED) is 0.831. The van der Waals surface area contributed by atoms with Gasteiger partial charge in [-0.25, -0.2) is 0 Å². The van der Waals surface area contributed by atoms with E-state index in [1.54, 1.807) is 0 Å². The van der Waals surface area contributed by atoms with Gasteiger partial charge < -0.3 is 5.32 Å². The number of alkyl halides is 1. The van der Waals surface area contributed by atoms with E-state index in [-0.39, 0.29) is 11.4 Å². The highest BCUT2D eigenvalue weighted by atomic mass is 79.9. The second-order valence-corrected chi connectivity index (χ2v) is 5.83. The molecule has 0 spiro atoms. The Hall–Kier alpha value is -0.830. The lowest BCUT2D eigenvalue weighted by atomic mass is 10.0. The molecule has 17 heavy (non-hydrogen) atoms. The number of benzene rings is 1. The smallest absolute Gasteiger partial charge is 0.224 e. The number of nitrogens with one attached hydrogen (secondary N) is 1. The molecule has 0 saturated carbocycles. The fourth-order valence-electron chi connectivity index (χ4n) is 1.73. The van der Waals surface area contributed by atoms with Crippen molar-refractivity contribution in [3.63, 3.8) is 0 Å². The van der Waals surface area contributed by atoms with E-state index in [2.05, 4.69) is 27.3 Å². The molecule has 0 aromatic heterocycles. The minimum absolute atomic E-state index is 0.0848. The van der Waals surface area contributed by atoms with Crippen molar-refractivity contribution in [3.05, 3.63) is 35.4 Å². The van der Waals surface area contributed by atoms with Gasteiger partial charge in [0.15, 0.2) is 0 Å². The number of rotatable bonds is 5. The van der Waals surface area contributed by atoms with Crippen LogP contribution < -0.4 is 5.32 Å². The molecule has 1 N–H and O–H groups in total. The average molecular weight is 298 g/mol. The summed E-state index contributed by atoms with van der Waals surface area (Å²) < 4.78 is 0. The minimum atomic E-state index is -0.148. The Morgan fingerprint density at radius 3 is 2.71 bits per heavy atom. The van der Waals surface area contributed by atoms with Gasteiger partial charge in [-0.1, -0.05) is 45.8 Å². The van der Waals surface area contributed by atoms with Gasteiger partial charge in [0, 0.05) is 10.9 Å². The molecule has 0 aliphatic rings. The second kappa shape index (κ2) is 6.20. The topological polar surface area (TPSA) is 29.1 Å². The van der Waals surface area contributed by atoms with Gasteiger partial charge in [0.2, 0.25) is 5.91 Å². The molecule has 0 aliphatic heterocycles. The first-order chi connectivity index (χ1) is 7.93. The predicted octanol–water partition coefficient (Wildman–Crippen LogP) is 3.22. The summed E-state index contributed by atoms with van der Waals surface area (Å²) in [7, 11) is 0. The summed E-state index contributed by atoms with van der Waals surface area (Å²) in [6.07, 6.45) is 1.37. The molecule has 0 aliphatic carbocycles. The second-order valence-electron chi connectivity index (χ2n) is 5.04. The maximum Gasteiger partial charge on any atom is 0.224 e. The average Bonchev–Trinajstić information content (AvgIpc) is 2.15. The molecule has 0 heterocycles. The molecule has 1 amide bonds. The zero-order chi connectivity index (χ0) is 12.9. The zero-order valence-electron chi connectivity index (χ0n) is 10.7. The summed E-state index contributed by atoms with van der Waals surface area (Å²) in [6, 6.07) is 8.07. The molecule has 0 unspecified atom stereocenters. The van der Waals surface area contributed by atoms with E-state index < -0.39 is 0 Å². The molecule has 0 bridgehead atoms. The number of hydrogen-bond acceptors (Lipinski definition) is 1. The molecule has 1 aromatic rings. The first-order valence-corrected chi connectivity index (χ1v) is 6.97. The summed E-state index contributed by atoms with van der Waals surface area (Å²) in [6.45, 7) is 6.13. The summed E-state index contributed by atoms with van der Waals surface area (Å²) in [5, 5.41) is 3.95. The Labute approximate surface area is 112 Å². The lowest BCUT2D eigenvalue weighted by molar-refractivity contribution is -0.122. The number of hydrogen-bond donors (Lipinski definition) is 1. The van der Waals surface area contributed by atoms with Crippen LogP contribution in [0.4, 0.5) is 0 Å². The van der Waals surface area contributed by atoms with Crippen LogP contribution in [0.2, 0.25) is 0 Å². The Kier molecular flexibility index (Phi) is 5.19. The highest BCUT2D eigenvalue weighted by Crippen LogP contribution is 2.11. The molecule has 3 heteroatoms. The van der Waals surface area contributed by atoms with Gasteiger partial charge in [0.25, 0.3) is 0 Å². The van der Waals surface area contributed by atoms with Crippen molar-refractivity contribution in [1.29, 1.82) is 0 Å². The normalized spacial score (nSPS) is 11.3. The molecule has 0 atom stereocenters. The van der Waals surface area contributed by atoms with Crippen LogP contribution in [0.1, 0.15) is 31.4 Å². The van der Waals surface area contributed by atoms with E-state index >= 15 is 0 Å².